The first kappa shape index (κ1) is 17.2. The van der Waals surface area contributed by atoms with E-state index in [1.165, 1.54) is 0 Å². The van der Waals surface area contributed by atoms with Crippen molar-refractivity contribution in [1.29, 1.82) is 0 Å². The molecule has 11 heavy (non-hydrogen) atoms. The zero-order chi connectivity index (χ0) is 9.00. The van der Waals surface area contributed by atoms with E-state index in [9.17, 15) is 0 Å². The van der Waals surface area contributed by atoms with Gasteiger partial charge in [-0.1, -0.05) is 0 Å². The van der Waals surface area contributed by atoms with Gasteiger partial charge < -0.3 is 29.1 Å². The van der Waals surface area contributed by atoms with Crippen LogP contribution in [0.1, 0.15) is 0 Å². The molecule has 0 bridgehead atoms. The molecule has 7 heteroatoms. The molecule has 0 aliphatic carbocycles. The maximum absolute atomic E-state index is 7.33. The molecule has 0 heterocycles. The lowest BCUT2D eigenvalue weighted by Gasteiger charge is -2.14. The largest absolute Gasteiger partial charge is 0.668 e. The van der Waals surface area contributed by atoms with Crippen LogP contribution >= 0.6 is 0 Å². The Labute approximate surface area is 67.3 Å². The Hall–Kier alpha value is -0.0231. The molecule has 0 aromatic heterocycles. The van der Waals surface area contributed by atoms with Crippen molar-refractivity contribution in [2.75, 3.05) is 28.2 Å². The third-order valence-corrected chi connectivity index (χ3v) is 0. The van der Waals surface area contributed by atoms with Crippen LogP contribution in [0.5, 0.6) is 0 Å². The van der Waals surface area contributed by atoms with Gasteiger partial charge in [-0.05, 0) is 0 Å². The van der Waals surface area contributed by atoms with Crippen LogP contribution in [0.15, 0.2) is 0 Å². The van der Waals surface area contributed by atoms with E-state index in [1.54, 1.807) is 0 Å². The molecule has 0 aromatic carbocycles. The fraction of sp³-hybridized carbons (Fsp3) is 1.00. The molecule has 0 aromatic rings. The first-order valence-electron chi connectivity index (χ1n) is 2.68. The van der Waals surface area contributed by atoms with Crippen molar-refractivity contribution >= 4 is 9.05 Å². The quantitative estimate of drug-likeness (QED) is 0.238. The summed E-state index contributed by atoms with van der Waals surface area (Å²) in [6.07, 6.45) is 0. The molecule has 0 radical (unpaired) electrons. The van der Waals surface area contributed by atoms with Crippen molar-refractivity contribution in [3.05, 3.63) is 0 Å². The van der Waals surface area contributed by atoms with E-state index < -0.39 is 9.05 Å². The average Bonchev–Trinajstić information content (AvgIpc) is 1.12. The maximum atomic E-state index is 7.33. The lowest BCUT2D eigenvalue weighted by Crippen LogP contribution is -2.33. The topological polar surface area (TPSA) is 112 Å². The van der Waals surface area contributed by atoms with E-state index in [4.69, 9.17) is 19.2 Å². The lowest BCUT2D eigenvalue weighted by molar-refractivity contribution is -0.849. The molecule has 0 unspecified atom stereocenters. The molecule has 0 atom stereocenters. The number of quaternary nitrogens is 1. The van der Waals surface area contributed by atoms with Gasteiger partial charge in [0.05, 0.1) is 28.2 Å². The second-order valence-corrected chi connectivity index (χ2v) is 4.48. The molecule has 0 amide bonds. The molecular weight excluding hydrogens is 170 g/mol. The summed E-state index contributed by atoms with van der Waals surface area (Å²) < 4.78 is 1.00. The first-order chi connectivity index (χ1) is 4.00. The van der Waals surface area contributed by atoms with Crippen molar-refractivity contribution < 1.29 is 29.1 Å². The van der Waals surface area contributed by atoms with Crippen LogP contribution in [-0.2, 0) is 0 Å². The molecule has 0 aliphatic rings. The molecule has 0 fully saturated rings. The van der Waals surface area contributed by atoms with E-state index in [2.05, 4.69) is 28.2 Å². The highest BCUT2D eigenvalue weighted by molar-refractivity contribution is 6.46. The molecule has 6 N–H and O–H groups in total. The Morgan fingerprint density at radius 3 is 0.818 bits per heavy atom. The summed E-state index contributed by atoms with van der Waals surface area (Å²) in [6.45, 7) is 0. The fourth-order valence-corrected chi connectivity index (χ4v) is 0. The SMILES string of the molecule is C[N+](C)(C)C.O.O[Si](O)(O)O. The summed E-state index contributed by atoms with van der Waals surface area (Å²) in [5.74, 6) is 0. The van der Waals surface area contributed by atoms with Crippen LogP contribution in [0, 0.1) is 0 Å². The predicted molar refractivity (Wildman–Crippen MR) is 42.2 cm³/mol. The van der Waals surface area contributed by atoms with Crippen molar-refractivity contribution in [1.82, 2.24) is 0 Å². The molecule has 0 spiro atoms. The number of nitrogens with zero attached hydrogens (tertiary/aromatic N) is 1. The second-order valence-electron chi connectivity index (χ2n) is 3.28. The van der Waals surface area contributed by atoms with E-state index in [1.807, 2.05) is 0 Å². The minimum absolute atomic E-state index is 0. The Balaban J connectivity index is -0.000000107. The monoisotopic (exact) mass is 188 g/mol. The summed E-state index contributed by atoms with van der Waals surface area (Å²) in [5.41, 5.74) is 0. The van der Waals surface area contributed by atoms with Gasteiger partial charge in [-0.2, -0.15) is 0 Å². The number of hydrogen-bond donors (Lipinski definition) is 4. The van der Waals surface area contributed by atoms with Gasteiger partial charge in [-0.3, -0.25) is 0 Å². The minimum atomic E-state index is -4.61. The van der Waals surface area contributed by atoms with Crippen molar-refractivity contribution in [3.8, 4) is 0 Å². The smallest absolute Gasteiger partial charge is 0.412 e. The Morgan fingerprint density at radius 2 is 0.818 bits per heavy atom. The van der Waals surface area contributed by atoms with Gasteiger partial charge in [0, 0.05) is 0 Å². The van der Waals surface area contributed by atoms with E-state index in [-0.39, 0.29) is 5.48 Å². The Bertz CT molecular complexity index is 61.5. The fourth-order valence-electron chi connectivity index (χ4n) is 0. The van der Waals surface area contributed by atoms with Crippen LogP contribution in [0.4, 0.5) is 0 Å². The van der Waals surface area contributed by atoms with Crippen LogP contribution in [0.2, 0.25) is 0 Å². The first-order valence-corrected chi connectivity index (χ1v) is 4.47. The lowest BCUT2D eigenvalue weighted by atomic mass is 10.8. The second kappa shape index (κ2) is 5.60. The summed E-state index contributed by atoms with van der Waals surface area (Å²) >= 11 is 0. The summed E-state index contributed by atoms with van der Waals surface area (Å²) in [7, 11) is 3.89. The van der Waals surface area contributed by atoms with Gasteiger partial charge >= 0.3 is 9.05 Å². The zero-order valence-corrected chi connectivity index (χ0v) is 8.24. The number of rotatable bonds is 0. The van der Waals surface area contributed by atoms with Crippen molar-refractivity contribution in [3.63, 3.8) is 0 Å². The Kier molecular flexibility index (Phi) is 8.75. The molecule has 0 saturated carbocycles. The molecule has 0 rings (SSSR count). The van der Waals surface area contributed by atoms with Gasteiger partial charge in [-0.25, -0.2) is 0 Å². The van der Waals surface area contributed by atoms with Crippen LogP contribution in [0.3, 0.4) is 0 Å². The minimum Gasteiger partial charge on any atom is -0.412 e. The molecule has 6 nitrogen and oxygen atoms in total. The summed E-state index contributed by atoms with van der Waals surface area (Å²) in [6, 6.07) is 0. The predicted octanol–water partition coefficient (Wildman–Crippen LogP) is -3.11. The van der Waals surface area contributed by atoms with Gasteiger partial charge in [-0.15, -0.1) is 0 Å². The highest BCUT2D eigenvalue weighted by Crippen LogP contribution is 1.73. The highest BCUT2D eigenvalue weighted by Gasteiger charge is 2.22. The van der Waals surface area contributed by atoms with Gasteiger partial charge in [0.2, 0.25) is 0 Å². The van der Waals surface area contributed by atoms with Crippen molar-refractivity contribution in [2.45, 2.75) is 0 Å². The average molecular weight is 188 g/mol. The van der Waals surface area contributed by atoms with Crippen molar-refractivity contribution in [2.24, 2.45) is 0 Å². The summed E-state index contributed by atoms with van der Waals surface area (Å²) in [5, 5.41) is 0. The van der Waals surface area contributed by atoms with Crippen LogP contribution < -0.4 is 0 Å². The van der Waals surface area contributed by atoms with Crippen LogP contribution in [-0.4, -0.2) is 66.4 Å². The zero-order valence-electron chi connectivity index (χ0n) is 7.24. The molecular formula is C4H18NO5Si+. The maximum Gasteiger partial charge on any atom is 0.668 e. The van der Waals surface area contributed by atoms with E-state index >= 15 is 0 Å². The third-order valence-electron chi connectivity index (χ3n) is 0. The number of hydrogen-bond acceptors (Lipinski definition) is 4. The van der Waals surface area contributed by atoms with Gasteiger partial charge in [0.1, 0.15) is 0 Å². The standard InChI is InChI=1S/C4H12N.H4O4Si.H2O/c2*1-5(2,3)4;/h1-4H3;1-4H;1H2/q+1;;. The molecule has 72 valence electrons. The van der Waals surface area contributed by atoms with Crippen LogP contribution in [0.25, 0.3) is 0 Å². The summed E-state index contributed by atoms with van der Waals surface area (Å²) in [4.78, 5) is 29.3. The third kappa shape index (κ3) is 1190000. The molecule has 0 saturated heterocycles. The van der Waals surface area contributed by atoms with Gasteiger partial charge in [0.15, 0.2) is 0 Å². The van der Waals surface area contributed by atoms with Gasteiger partial charge in [0.25, 0.3) is 0 Å². The Morgan fingerprint density at radius 1 is 0.818 bits per heavy atom. The van der Waals surface area contributed by atoms with E-state index in [0.717, 1.165) is 4.48 Å². The van der Waals surface area contributed by atoms with E-state index in [0.29, 0.717) is 0 Å². The highest BCUT2D eigenvalue weighted by atomic mass is 28.4. The molecule has 0 aliphatic heterocycles. The normalized spacial score (nSPS) is 10.9.